The van der Waals surface area contributed by atoms with E-state index in [2.05, 4.69) is 4.98 Å². The average molecular weight is 320 g/mol. The Bertz CT molecular complexity index is 1030. The van der Waals surface area contributed by atoms with Crippen LogP contribution in [0.25, 0.3) is 10.9 Å². The number of fused-ring (bicyclic) bond motifs is 4. The first kappa shape index (κ1) is 14.3. The lowest BCUT2D eigenvalue weighted by molar-refractivity contribution is 0.0971. The second kappa shape index (κ2) is 5.13. The zero-order chi connectivity index (χ0) is 16.8. The number of ether oxygens (including phenoxy) is 1. The monoisotopic (exact) mass is 320 g/mol. The summed E-state index contributed by atoms with van der Waals surface area (Å²) in [7, 11) is 0. The second-order valence-electron chi connectivity index (χ2n) is 5.35. The second-order valence-corrected chi connectivity index (χ2v) is 5.35. The Kier molecular flexibility index (Phi) is 3.06. The summed E-state index contributed by atoms with van der Waals surface area (Å²) in [5, 5.41) is 0.549. The van der Waals surface area contributed by atoms with Gasteiger partial charge in [-0.1, -0.05) is 18.2 Å². The fourth-order valence-electron chi connectivity index (χ4n) is 3.10. The Morgan fingerprint density at radius 3 is 2.71 bits per heavy atom. The summed E-state index contributed by atoms with van der Waals surface area (Å²) in [6.45, 7) is 1.85. The molecule has 6 heteroatoms. The molecule has 0 bridgehead atoms. The van der Waals surface area contributed by atoms with E-state index in [1.54, 1.807) is 31.2 Å². The number of carbonyl (C=O) groups excluding carboxylic acids is 3. The standard InChI is InChI=1S/C18H12N2O4/c1-2-24-18(23)20-13-6-4-3-5-11(13)14-15(20)17(22)10-7-8-19-9-12(10)16(14)21/h3-9H,2H2,1H3. The van der Waals surface area contributed by atoms with Crippen molar-refractivity contribution in [2.75, 3.05) is 6.61 Å². The fourth-order valence-corrected chi connectivity index (χ4v) is 3.10. The van der Waals surface area contributed by atoms with Crippen LogP contribution in [0, 0.1) is 0 Å². The molecule has 2 heterocycles. The minimum Gasteiger partial charge on any atom is -0.449 e. The van der Waals surface area contributed by atoms with Crippen molar-refractivity contribution < 1.29 is 19.1 Å². The van der Waals surface area contributed by atoms with Crippen LogP contribution in [0.15, 0.2) is 42.7 Å². The summed E-state index contributed by atoms with van der Waals surface area (Å²) < 4.78 is 6.27. The van der Waals surface area contributed by atoms with E-state index in [9.17, 15) is 14.4 Å². The van der Waals surface area contributed by atoms with Crippen LogP contribution in [0.3, 0.4) is 0 Å². The molecule has 4 rings (SSSR count). The number of carbonyl (C=O) groups is 3. The summed E-state index contributed by atoms with van der Waals surface area (Å²) in [6.07, 6.45) is 2.16. The quantitative estimate of drug-likeness (QED) is 0.539. The first-order chi connectivity index (χ1) is 11.6. The topological polar surface area (TPSA) is 78.3 Å². The van der Waals surface area contributed by atoms with Crippen LogP contribution >= 0.6 is 0 Å². The van der Waals surface area contributed by atoms with Gasteiger partial charge in [0.2, 0.25) is 5.78 Å². The molecule has 0 amide bonds. The molecule has 0 atom stereocenters. The van der Waals surface area contributed by atoms with Crippen molar-refractivity contribution >= 4 is 28.6 Å². The lowest BCUT2D eigenvalue weighted by Gasteiger charge is -2.16. The number of aromatic nitrogens is 2. The molecular weight excluding hydrogens is 308 g/mol. The number of pyridine rings is 1. The zero-order valence-corrected chi connectivity index (χ0v) is 12.8. The molecule has 0 fully saturated rings. The molecule has 1 aliphatic rings. The van der Waals surface area contributed by atoms with Gasteiger partial charge < -0.3 is 4.74 Å². The summed E-state index contributed by atoms with van der Waals surface area (Å²) in [4.78, 5) is 42.2. The molecule has 3 aromatic rings. The smallest absolute Gasteiger partial charge is 0.419 e. The molecule has 0 aliphatic heterocycles. The van der Waals surface area contributed by atoms with Gasteiger partial charge in [0.15, 0.2) is 5.78 Å². The van der Waals surface area contributed by atoms with Crippen molar-refractivity contribution in [2.45, 2.75) is 6.92 Å². The summed E-state index contributed by atoms with van der Waals surface area (Å²) in [5.41, 5.74) is 1.25. The Morgan fingerprint density at radius 2 is 1.92 bits per heavy atom. The molecule has 0 N–H and O–H groups in total. The van der Waals surface area contributed by atoms with Gasteiger partial charge in [-0.05, 0) is 19.1 Å². The van der Waals surface area contributed by atoms with Crippen LogP contribution in [0.1, 0.15) is 38.9 Å². The Morgan fingerprint density at radius 1 is 1.12 bits per heavy atom. The van der Waals surface area contributed by atoms with E-state index >= 15 is 0 Å². The van der Waals surface area contributed by atoms with Crippen molar-refractivity contribution in [3.8, 4) is 0 Å². The van der Waals surface area contributed by atoms with E-state index in [1.165, 1.54) is 23.0 Å². The molecule has 0 radical (unpaired) electrons. The third-order valence-electron chi connectivity index (χ3n) is 4.08. The van der Waals surface area contributed by atoms with Crippen LogP contribution in [0.2, 0.25) is 0 Å². The van der Waals surface area contributed by atoms with E-state index in [-0.39, 0.29) is 40.6 Å². The maximum Gasteiger partial charge on any atom is 0.419 e. The maximum absolute atomic E-state index is 12.9. The van der Waals surface area contributed by atoms with Gasteiger partial charge in [-0.15, -0.1) is 0 Å². The van der Waals surface area contributed by atoms with Crippen LogP contribution in [-0.4, -0.2) is 33.8 Å². The Labute approximate surface area is 136 Å². The van der Waals surface area contributed by atoms with E-state index in [0.717, 1.165) is 0 Å². The summed E-state index contributed by atoms with van der Waals surface area (Å²) in [5.74, 6) is -0.696. The van der Waals surface area contributed by atoms with Crippen LogP contribution in [-0.2, 0) is 4.74 Å². The van der Waals surface area contributed by atoms with Gasteiger partial charge in [0.05, 0.1) is 23.3 Å². The number of rotatable bonds is 1. The average Bonchev–Trinajstić information content (AvgIpc) is 2.95. The van der Waals surface area contributed by atoms with E-state index in [4.69, 9.17) is 4.74 Å². The number of ketones is 2. The number of benzene rings is 1. The Balaban J connectivity index is 2.11. The largest absolute Gasteiger partial charge is 0.449 e. The molecule has 1 aliphatic carbocycles. The van der Waals surface area contributed by atoms with Crippen molar-refractivity contribution in [3.05, 3.63) is 65.1 Å². The fraction of sp³-hybridized carbons (Fsp3) is 0.111. The molecule has 1 aromatic carbocycles. The first-order valence-electron chi connectivity index (χ1n) is 7.49. The molecular formula is C18H12N2O4. The molecule has 118 valence electrons. The third kappa shape index (κ3) is 1.76. The predicted molar refractivity (Wildman–Crippen MR) is 85.5 cm³/mol. The number of hydrogen-bond acceptors (Lipinski definition) is 5. The van der Waals surface area contributed by atoms with Crippen molar-refractivity contribution in [1.82, 2.24) is 9.55 Å². The molecule has 0 saturated carbocycles. The molecule has 0 saturated heterocycles. The van der Waals surface area contributed by atoms with Crippen molar-refractivity contribution in [3.63, 3.8) is 0 Å². The SMILES string of the molecule is CCOC(=O)n1c2c(c3ccccc31)C(=O)c1cnccc1C2=O. The van der Waals surface area contributed by atoms with Crippen LogP contribution < -0.4 is 0 Å². The highest BCUT2D eigenvalue weighted by Crippen LogP contribution is 2.34. The van der Waals surface area contributed by atoms with Gasteiger partial charge in [-0.25, -0.2) is 9.36 Å². The lowest BCUT2D eigenvalue weighted by atomic mass is 9.88. The van der Waals surface area contributed by atoms with E-state index in [1.807, 2.05) is 0 Å². The van der Waals surface area contributed by atoms with Crippen LogP contribution in [0.5, 0.6) is 0 Å². The minimum atomic E-state index is -0.673. The third-order valence-corrected chi connectivity index (χ3v) is 4.08. The molecule has 0 unspecified atom stereocenters. The number of hydrogen-bond donors (Lipinski definition) is 0. The highest BCUT2D eigenvalue weighted by atomic mass is 16.5. The number of nitrogens with zero attached hydrogens (tertiary/aromatic N) is 2. The highest BCUT2D eigenvalue weighted by Gasteiger charge is 2.37. The number of para-hydroxylation sites is 1. The van der Waals surface area contributed by atoms with Gasteiger partial charge in [-0.2, -0.15) is 0 Å². The highest BCUT2D eigenvalue weighted by molar-refractivity contribution is 6.33. The van der Waals surface area contributed by atoms with Crippen LogP contribution in [0.4, 0.5) is 4.79 Å². The molecule has 24 heavy (non-hydrogen) atoms. The minimum absolute atomic E-state index is 0.0540. The normalized spacial score (nSPS) is 12.9. The summed E-state index contributed by atoms with van der Waals surface area (Å²) >= 11 is 0. The molecule has 6 nitrogen and oxygen atoms in total. The predicted octanol–water partition coefficient (Wildman–Crippen LogP) is 2.82. The summed E-state index contributed by atoms with van der Waals surface area (Å²) in [6, 6.07) is 8.40. The first-order valence-corrected chi connectivity index (χ1v) is 7.49. The van der Waals surface area contributed by atoms with E-state index in [0.29, 0.717) is 10.9 Å². The van der Waals surface area contributed by atoms with Gasteiger partial charge >= 0.3 is 6.09 Å². The Hall–Kier alpha value is -3.28. The van der Waals surface area contributed by atoms with Crippen molar-refractivity contribution in [2.24, 2.45) is 0 Å². The molecule has 2 aromatic heterocycles. The van der Waals surface area contributed by atoms with Gasteiger partial charge in [0, 0.05) is 23.3 Å². The van der Waals surface area contributed by atoms with Gasteiger partial charge in [-0.3, -0.25) is 14.6 Å². The molecule has 0 spiro atoms. The van der Waals surface area contributed by atoms with E-state index < -0.39 is 6.09 Å². The van der Waals surface area contributed by atoms with Gasteiger partial charge in [0.25, 0.3) is 0 Å². The lowest BCUT2D eigenvalue weighted by Crippen LogP contribution is -2.26. The zero-order valence-electron chi connectivity index (χ0n) is 12.8. The van der Waals surface area contributed by atoms with Gasteiger partial charge in [0.1, 0.15) is 5.69 Å². The van der Waals surface area contributed by atoms with Crippen molar-refractivity contribution in [1.29, 1.82) is 0 Å². The maximum atomic E-state index is 12.9.